The highest BCUT2D eigenvalue weighted by molar-refractivity contribution is 7.89. The van der Waals surface area contributed by atoms with Crippen LogP contribution in [0.25, 0.3) is 0 Å². The maximum atomic E-state index is 12.0. The summed E-state index contributed by atoms with van der Waals surface area (Å²) >= 11 is 4.82. The molecule has 0 saturated heterocycles. The predicted molar refractivity (Wildman–Crippen MR) is 87.8 cm³/mol. The summed E-state index contributed by atoms with van der Waals surface area (Å²) in [5, 5.41) is 0. The molecule has 5 nitrogen and oxygen atoms in total. The van der Waals surface area contributed by atoms with Gasteiger partial charge >= 0.3 is 0 Å². The number of nitrogens with one attached hydrogen (secondary N) is 1. The molecule has 0 saturated carbocycles. The molecule has 0 aromatic heterocycles. The number of rotatable bonds is 9. The van der Waals surface area contributed by atoms with Crippen LogP contribution >= 0.6 is 12.2 Å². The van der Waals surface area contributed by atoms with E-state index in [4.69, 9.17) is 22.7 Å². The maximum Gasteiger partial charge on any atom is 0.240 e. The zero-order valence-corrected chi connectivity index (χ0v) is 14.0. The van der Waals surface area contributed by atoms with Crippen LogP contribution in [0.1, 0.15) is 25.8 Å². The van der Waals surface area contributed by atoms with Crippen LogP contribution in [0.2, 0.25) is 0 Å². The van der Waals surface area contributed by atoms with Gasteiger partial charge in [-0.05, 0) is 24.5 Å². The molecule has 0 unspecified atom stereocenters. The minimum Gasteiger partial charge on any atom is -0.389 e. The Bertz CT molecular complexity index is 554. The minimum atomic E-state index is -3.52. The topological polar surface area (TPSA) is 81.4 Å². The minimum absolute atomic E-state index is 0.185. The second kappa shape index (κ2) is 8.43. The number of ether oxygens (including phenoxy) is 1. The molecule has 0 radical (unpaired) electrons. The Morgan fingerprint density at radius 2 is 1.90 bits per heavy atom. The van der Waals surface area contributed by atoms with Gasteiger partial charge in [0, 0.05) is 18.7 Å². The Hall–Kier alpha value is -1.02. The van der Waals surface area contributed by atoms with E-state index < -0.39 is 10.0 Å². The summed E-state index contributed by atoms with van der Waals surface area (Å²) in [5.41, 5.74) is 6.11. The van der Waals surface area contributed by atoms with Crippen molar-refractivity contribution in [2.45, 2.75) is 25.2 Å². The molecular formula is C14H22N2O3S2. The summed E-state index contributed by atoms with van der Waals surface area (Å²) in [4.78, 5) is 0.426. The third-order valence-electron chi connectivity index (χ3n) is 2.83. The van der Waals surface area contributed by atoms with Crippen molar-refractivity contribution in [3.63, 3.8) is 0 Å². The first-order chi connectivity index (χ1) is 9.83. The molecule has 1 aromatic rings. The van der Waals surface area contributed by atoms with Crippen molar-refractivity contribution in [3.8, 4) is 0 Å². The van der Waals surface area contributed by atoms with Gasteiger partial charge in [0.2, 0.25) is 10.0 Å². The Kier molecular flexibility index (Phi) is 7.24. The molecule has 21 heavy (non-hydrogen) atoms. The maximum absolute atomic E-state index is 12.0. The van der Waals surface area contributed by atoms with E-state index in [1.807, 2.05) is 0 Å². The van der Waals surface area contributed by atoms with E-state index in [1.165, 1.54) is 12.1 Å². The normalized spacial score (nSPS) is 11.8. The summed E-state index contributed by atoms with van der Waals surface area (Å²) in [6.45, 7) is 5.47. The van der Waals surface area contributed by atoms with E-state index in [-0.39, 0.29) is 16.4 Å². The van der Waals surface area contributed by atoms with Gasteiger partial charge in [0.1, 0.15) is 4.99 Å². The van der Waals surface area contributed by atoms with Crippen LogP contribution in [0.3, 0.4) is 0 Å². The lowest BCUT2D eigenvalue weighted by Gasteiger charge is -2.09. The van der Waals surface area contributed by atoms with E-state index in [0.717, 1.165) is 6.42 Å². The second-order valence-corrected chi connectivity index (χ2v) is 7.29. The van der Waals surface area contributed by atoms with Crippen LogP contribution in [0.5, 0.6) is 0 Å². The van der Waals surface area contributed by atoms with Crippen molar-refractivity contribution >= 4 is 27.2 Å². The number of sulfonamides is 1. The average molecular weight is 330 g/mol. The molecule has 7 heteroatoms. The van der Waals surface area contributed by atoms with E-state index in [0.29, 0.717) is 24.7 Å². The number of nitrogens with two attached hydrogens (primary N) is 1. The molecule has 0 heterocycles. The second-order valence-electron chi connectivity index (χ2n) is 5.08. The summed E-state index contributed by atoms with van der Waals surface area (Å²) < 4.78 is 31.9. The molecule has 0 fully saturated rings. The van der Waals surface area contributed by atoms with Crippen molar-refractivity contribution in [2.24, 2.45) is 11.7 Å². The fourth-order valence-corrected chi connectivity index (χ4v) is 2.70. The summed E-state index contributed by atoms with van der Waals surface area (Å²) in [6, 6.07) is 6.15. The molecule has 3 N–H and O–H groups in total. The number of thiocarbonyl (C=S) groups is 1. The molecule has 1 aromatic carbocycles. The molecule has 0 atom stereocenters. The van der Waals surface area contributed by atoms with E-state index in [2.05, 4.69) is 18.6 Å². The third-order valence-corrected chi connectivity index (χ3v) is 4.54. The van der Waals surface area contributed by atoms with Gasteiger partial charge in [-0.15, -0.1) is 0 Å². The van der Waals surface area contributed by atoms with Gasteiger partial charge in [-0.2, -0.15) is 0 Å². The van der Waals surface area contributed by atoms with Gasteiger partial charge in [0.15, 0.2) is 0 Å². The van der Waals surface area contributed by atoms with Gasteiger partial charge < -0.3 is 10.5 Å². The molecule has 0 spiro atoms. The molecule has 0 aliphatic heterocycles. The van der Waals surface area contributed by atoms with Crippen LogP contribution in [0.15, 0.2) is 29.2 Å². The van der Waals surface area contributed by atoms with Crippen molar-refractivity contribution < 1.29 is 13.2 Å². The molecule has 0 bridgehead atoms. The van der Waals surface area contributed by atoms with Crippen LogP contribution in [-0.2, 0) is 14.8 Å². The highest BCUT2D eigenvalue weighted by Crippen LogP contribution is 2.10. The smallest absolute Gasteiger partial charge is 0.240 e. The first-order valence-corrected chi connectivity index (χ1v) is 8.69. The van der Waals surface area contributed by atoms with Crippen molar-refractivity contribution in [1.29, 1.82) is 0 Å². The Balaban J connectivity index is 2.44. The van der Waals surface area contributed by atoms with Crippen LogP contribution in [0.4, 0.5) is 0 Å². The van der Waals surface area contributed by atoms with Crippen molar-refractivity contribution in [1.82, 2.24) is 4.72 Å². The summed E-state index contributed by atoms with van der Waals surface area (Å²) in [6.07, 6.45) is 0.965. The fraction of sp³-hybridized carbons (Fsp3) is 0.500. The standard InChI is InChI=1S/C14H22N2O3S2/c1-11(2)7-9-19-10-8-16-21(17,18)13-5-3-12(4-6-13)14(15)20/h3-6,11,16H,7-10H2,1-2H3,(H2,15,20). The van der Waals surface area contributed by atoms with Crippen molar-refractivity contribution in [3.05, 3.63) is 29.8 Å². The summed E-state index contributed by atoms with van der Waals surface area (Å²) in [5.74, 6) is 0.578. The molecular weight excluding hydrogens is 308 g/mol. The highest BCUT2D eigenvalue weighted by Gasteiger charge is 2.13. The predicted octanol–water partition coefficient (Wildman–Crippen LogP) is 1.66. The lowest BCUT2D eigenvalue weighted by Crippen LogP contribution is -2.27. The quantitative estimate of drug-likeness (QED) is 0.532. The van der Waals surface area contributed by atoms with E-state index >= 15 is 0 Å². The molecule has 118 valence electrons. The molecule has 0 aliphatic carbocycles. The Morgan fingerprint density at radius 3 is 2.43 bits per heavy atom. The van der Waals surface area contributed by atoms with E-state index in [1.54, 1.807) is 12.1 Å². The zero-order chi connectivity index (χ0) is 15.9. The molecule has 0 aliphatic rings. The number of hydrogen-bond donors (Lipinski definition) is 2. The van der Waals surface area contributed by atoms with Crippen LogP contribution in [0, 0.1) is 5.92 Å². The van der Waals surface area contributed by atoms with Gasteiger partial charge in [-0.3, -0.25) is 0 Å². The van der Waals surface area contributed by atoms with E-state index in [9.17, 15) is 8.42 Å². The first-order valence-electron chi connectivity index (χ1n) is 6.80. The molecule has 1 rings (SSSR count). The highest BCUT2D eigenvalue weighted by atomic mass is 32.2. The number of benzene rings is 1. The van der Waals surface area contributed by atoms with Gasteiger partial charge in [-0.25, -0.2) is 13.1 Å². The van der Waals surface area contributed by atoms with Crippen LogP contribution < -0.4 is 10.5 Å². The number of hydrogen-bond acceptors (Lipinski definition) is 4. The van der Waals surface area contributed by atoms with Gasteiger partial charge in [0.05, 0.1) is 11.5 Å². The van der Waals surface area contributed by atoms with Gasteiger partial charge in [0.25, 0.3) is 0 Å². The zero-order valence-electron chi connectivity index (χ0n) is 12.3. The van der Waals surface area contributed by atoms with Crippen LogP contribution in [-0.4, -0.2) is 33.2 Å². The van der Waals surface area contributed by atoms with Gasteiger partial charge in [-0.1, -0.05) is 38.2 Å². The first kappa shape index (κ1) is 18.0. The fourth-order valence-electron chi connectivity index (χ4n) is 1.55. The SMILES string of the molecule is CC(C)CCOCCNS(=O)(=O)c1ccc(C(N)=S)cc1. The largest absolute Gasteiger partial charge is 0.389 e. The third kappa shape index (κ3) is 6.52. The molecule has 0 amide bonds. The summed E-state index contributed by atoms with van der Waals surface area (Å²) in [7, 11) is -3.52. The monoisotopic (exact) mass is 330 g/mol. The lowest BCUT2D eigenvalue weighted by atomic mass is 10.1. The average Bonchev–Trinajstić information content (AvgIpc) is 2.42. The van der Waals surface area contributed by atoms with Crippen molar-refractivity contribution in [2.75, 3.05) is 19.8 Å². The lowest BCUT2D eigenvalue weighted by molar-refractivity contribution is 0.128. The Labute approximate surface area is 131 Å². The Morgan fingerprint density at radius 1 is 1.29 bits per heavy atom.